The molecule has 0 saturated carbocycles. The Morgan fingerprint density at radius 3 is 2.44 bits per heavy atom. The summed E-state index contributed by atoms with van der Waals surface area (Å²) in [5.41, 5.74) is 0.481. The maximum Gasteiger partial charge on any atom is 0.321 e. The van der Waals surface area contributed by atoms with E-state index in [1.54, 1.807) is 56.8 Å². The van der Waals surface area contributed by atoms with Crippen LogP contribution in [0.1, 0.15) is 10.4 Å². The lowest BCUT2D eigenvalue weighted by atomic mass is 10.2. The van der Waals surface area contributed by atoms with E-state index in [0.29, 0.717) is 11.3 Å². The van der Waals surface area contributed by atoms with Crippen molar-refractivity contribution in [2.45, 2.75) is 0 Å². The van der Waals surface area contributed by atoms with Crippen LogP contribution in [-0.2, 0) is 0 Å². The highest BCUT2D eigenvalue weighted by atomic mass is 16.5. The number of carbonyl (C=O) groups excluding carboxylic acids is 1. The maximum atomic E-state index is 12.0. The largest absolute Gasteiger partial charge is 0.423 e. The van der Waals surface area contributed by atoms with Crippen LogP contribution in [0.5, 0.6) is 11.8 Å². The quantitative estimate of drug-likeness (QED) is 0.827. The van der Waals surface area contributed by atoms with Gasteiger partial charge in [0.25, 0.3) is 5.91 Å². The highest BCUT2D eigenvalue weighted by molar-refractivity contribution is 5.96. The zero-order chi connectivity index (χ0) is 13.0. The van der Waals surface area contributed by atoms with Gasteiger partial charge < -0.3 is 9.64 Å². The van der Waals surface area contributed by atoms with E-state index in [-0.39, 0.29) is 11.9 Å². The highest BCUT2D eigenvalue weighted by Gasteiger charge is 2.14. The van der Waals surface area contributed by atoms with E-state index < -0.39 is 0 Å². The van der Waals surface area contributed by atoms with Crippen molar-refractivity contribution in [3.05, 3.63) is 48.3 Å². The maximum absolute atomic E-state index is 12.0. The predicted octanol–water partition coefficient (Wildman–Crippen LogP) is 1.97. The van der Waals surface area contributed by atoms with Crippen molar-refractivity contribution >= 4 is 5.91 Å². The average molecular weight is 243 g/mol. The molecule has 0 aliphatic rings. The zero-order valence-corrected chi connectivity index (χ0v) is 10.2. The first-order chi connectivity index (χ1) is 8.68. The molecule has 1 amide bonds. The van der Waals surface area contributed by atoms with E-state index in [9.17, 15) is 4.79 Å². The number of benzene rings is 1. The Balaban J connectivity index is 2.31. The van der Waals surface area contributed by atoms with E-state index in [1.807, 2.05) is 0 Å². The summed E-state index contributed by atoms with van der Waals surface area (Å²) in [6.45, 7) is 0. The molecule has 0 fully saturated rings. The van der Waals surface area contributed by atoms with Crippen LogP contribution in [0.2, 0.25) is 0 Å². The second kappa shape index (κ2) is 5.27. The molecule has 92 valence electrons. The molecule has 0 unspecified atom stereocenters. The number of hydrogen-bond donors (Lipinski definition) is 0. The monoisotopic (exact) mass is 243 g/mol. The van der Waals surface area contributed by atoms with Crippen molar-refractivity contribution in [1.82, 2.24) is 14.9 Å². The van der Waals surface area contributed by atoms with Gasteiger partial charge in [-0.15, -0.1) is 0 Å². The molecular formula is C13H13N3O2. The van der Waals surface area contributed by atoms with Gasteiger partial charge in [-0.2, -0.15) is 0 Å². The lowest BCUT2D eigenvalue weighted by Gasteiger charge is -2.13. The molecule has 0 spiro atoms. The molecule has 1 aromatic carbocycles. The molecule has 0 saturated heterocycles. The third-order valence-corrected chi connectivity index (χ3v) is 2.27. The molecule has 18 heavy (non-hydrogen) atoms. The van der Waals surface area contributed by atoms with Crippen LogP contribution in [0, 0.1) is 0 Å². The van der Waals surface area contributed by atoms with Gasteiger partial charge in [-0.3, -0.25) is 4.79 Å². The number of hydrogen-bond acceptors (Lipinski definition) is 4. The number of para-hydroxylation sites is 1. The number of rotatable bonds is 3. The minimum atomic E-state index is -0.124. The summed E-state index contributed by atoms with van der Waals surface area (Å²) in [5.74, 6) is 0.323. The van der Waals surface area contributed by atoms with Crippen LogP contribution in [0.4, 0.5) is 0 Å². The first-order valence-corrected chi connectivity index (χ1v) is 5.44. The Kier molecular flexibility index (Phi) is 3.52. The summed E-state index contributed by atoms with van der Waals surface area (Å²) < 4.78 is 5.51. The van der Waals surface area contributed by atoms with Crippen LogP contribution < -0.4 is 4.74 Å². The number of nitrogens with zero attached hydrogens (tertiary/aromatic N) is 3. The van der Waals surface area contributed by atoms with Crippen molar-refractivity contribution < 1.29 is 9.53 Å². The minimum absolute atomic E-state index is 0.124. The summed E-state index contributed by atoms with van der Waals surface area (Å²) in [7, 11) is 3.39. The second-order valence-corrected chi connectivity index (χ2v) is 3.83. The van der Waals surface area contributed by atoms with E-state index in [2.05, 4.69) is 9.97 Å². The summed E-state index contributed by atoms with van der Waals surface area (Å²) in [6.07, 6.45) is 3.16. The first-order valence-electron chi connectivity index (χ1n) is 5.44. The summed E-state index contributed by atoms with van der Waals surface area (Å²) in [4.78, 5) is 21.4. The lowest BCUT2D eigenvalue weighted by Crippen LogP contribution is -2.22. The third-order valence-electron chi connectivity index (χ3n) is 2.27. The fourth-order valence-electron chi connectivity index (χ4n) is 1.41. The molecule has 5 nitrogen and oxygen atoms in total. The van der Waals surface area contributed by atoms with E-state index >= 15 is 0 Å². The molecule has 0 atom stereocenters. The smallest absolute Gasteiger partial charge is 0.321 e. The van der Waals surface area contributed by atoms with Crippen LogP contribution in [0.3, 0.4) is 0 Å². The third kappa shape index (κ3) is 2.63. The SMILES string of the molecule is CN(C)C(=O)c1ccccc1Oc1ncccn1. The van der Waals surface area contributed by atoms with Gasteiger partial charge in [0.2, 0.25) is 0 Å². The molecule has 0 aliphatic carbocycles. The fourth-order valence-corrected chi connectivity index (χ4v) is 1.41. The summed E-state index contributed by atoms with van der Waals surface area (Å²) in [6, 6.07) is 8.92. The molecule has 0 bridgehead atoms. The standard InChI is InChI=1S/C13H13N3O2/c1-16(2)12(17)10-6-3-4-7-11(10)18-13-14-8-5-9-15-13/h3-9H,1-2H3. The van der Waals surface area contributed by atoms with Gasteiger partial charge in [-0.1, -0.05) is 12.1 Å². The minimum Gasteiger partial charge on any atom is -0.423 e. The van der Waals surface area contributed by atoms with Crippen LogP contribution in [0.25, 0.3) is 0 Å². The number of ether oxygens (including phenoxy) is 1. The predicted molar refractivity (Wildman–Crippen MR) is 66.6 cm³/mol. The number of aromatic nitrogens is 2. The number of carbonyl (C=O) groups is 1. The van der Waals surface area contributed by atoms with Crippen molar-refractivity contribution in [3.63, 3.8) is 0 Å². The normalized spacial score (nSPS) is 9.89. The van der Waals surface area contributed by atoms with Gasteiger partial charge in [0.15, 0.2) is 0 Å². The van der Waals surface area contributed by atoms with E-state index in [4.69, 9.17) is 4.74 Å². The summed E-state index contributed by atoms with van der Waals surface area (Å²) >= 11 is 0. The van der Waals surface area contributed by atoms with E-state index in [0.717, 1.165) is 0 Å². The zero-order valence-electron chi connectivity index (χ0n) is 10.2. The van der Waals surface area contributed by atoms with Gasteiger partial charge in [0.05, 0.1) is 5.56 Å². The van der Waals surface area contributed by atoms with Gasteiger partial charge in [-0.25, -0.2) is 9.97 Å². The second-order valence-electron chi connectivity index (χ2n) is 3.83. The molecule has 5 heteroatoms. The van der Waals surface area contributed by atoms with Crippen molar-refractivity contribution in [2.24, 2.45) is 0 Å². The lowest BCUT2D eigenvalue weighted by molar-refractivity contribution is 0.0825. The molecule has 1 heterocycles. The van der Waals surface area contributed by atoms with Crippen LogP contribution >= 0.6 is 0 Å². The number of amides is 1. The van der Waals surface area contributed by atoms with Gasteiger partial charge >= 0.3 is 6.01 Å². The van der Waals surface area contributed by atoms with Crippen LogP contribution in [0.15, 0.2) is 42.7 Å². The first kappa shape index (κ1) is 12.0. The fraction of sp³-hybridized carbons (Fsp3) is 0.154. The van der Waals surface area contributed by atoms with Gasteiger partial charge in [-0.05, 0) is 18.2 Å². The average Bonchev–Trinajstić information content (AvgIpc) is 2.39. The van der Waals surface area contributed by atoms with Crippen LogP contribution in [-0.4, -0.2) is 34.9 Å². The van der Waals surface area contributed by atoms with Gasteiger partial charge in [0.1, 0.15) is 5.75 Å². The molecule has 2 aromatic rings. The molecule has 2 rings (SSSR count). The Hall–Kier alpha value is -2.43. The highest BCUT2D eigenvalue weighted by Crippen LogP contribution is 2.23. The van der Waals surface area contributed by atoms with Crippen molar-refractivity contribution in [3.8, 4) is 11.8 Å². The van der Waals surface area contributed by atoms with Crippen molar-refractivity contribution in [2.75, 3.05) is 14.1 Å². The Bertz CT molecular complexity index is 541. The Labute approximate surface area is 105 Å². The molecule has 0 radical (unpaired) electrons. The van der Waals surface area contributed by atoms with E-state index in [1.165, 1.54) is 4.90 Å². The summed E-state index contributed by atoms with van der Waals surface area (Å²) in [5, 5.41) is 0. The van der Waals surface area contributed by atoms with Gasteiger partial charge in [0, 0.05) is 26.5 Å². The Morgan fingerprint density at radius 1 is 1.11 bits per heavy atom. The molecule has 1 aromatic heterocycles. The topological polar surface area (TPSA) is 55.3 Å². The Morgan fingerprint density at radius 2 is 1.78 bits per heavy atom. The molecule has 0 N–H and O–H groups in total. The molecular weight excluding hydrogens is 230 g/mol. The molecule has 0 aliphatic heterocycles. The van der Waals surface area contributed by atoms with Crippen molar-refractivity contribution in [1.29, 1.82) is 0 Å².